The van der Waals surface area contributed by atoms with Crippen LogP contribution in [0.2, 0.25) is 0 Å². The Kier molecular flexibility index (Phi) is 5.94. The molecule has 7 heteroatoms. The van der Waals surface area contributed by atoms with E-state index in [0.717, 1.165) is 17.1 Å². The smallest absolute Gasteiger partial charge is 0.317 e. The molecule has 1 heterocycles. The third-order valence-electron chi connectivity index (χ3n) is 2.96. The summed E-state index contributed by atoms with van der Waals surface area (Å²) in [6.45, 7) is 5.64. The number of nitrogens with zero attached hydrogens (tertiary/aromatic N) is 2. The fraction of sp³-hybridized carbons (Fsp3) is 0.615. The minimum atomic E-state index is -0.910. The lowest BCUT2D eigenvalue weighted by atomic mass is 10.2. The predicted molar refractivity (Wildman–Crippen MR) is 77.8 cm³/mol. The highest BCUT2D eigenvalue weighted by Crippen LogP contribution is 2.21. The molecule has 2 N–H and O–H groups in total. The van der Waals surface area contributed by atoms with Crippen LogP contribution in [0.3, 0.4) is 0 Å². The molecular formula is C13H21N3O3S. The molecule has 0 radical (unpaired) electrons. The summed E-state index contributed by atoms with van der Waals surface area (Å²) in [6.07, 6.45) is 0.737. The van der Waals surface area contributed by atoms with Gasteiger partial charge in [-0.1, -0.05) is 13.8 Å². The van der Waals surface area contributed by atoms with Gasteiger partial charge in [-0.15, -0.1) is 11.3 Å². The number of amides is 2. The van der Waals surface area contributed by atoms with Crippen LogP contribution in [0.4, 0.5) is 4.79 Å². The van der Waals surface area contributed by atoms with E-state index < -0.39 is 11.9 Å². The Morgan fingerprint density at radius 2 is 2.20 bits per heavy atom. The van der Waals surface area contributed by atoms with Crippen LogP contribution < -0.4 is 5.32 Å². The molecule has 1 aromatic rings. The summed E-state index contributed by atoms with van der Waals surface area (Å²) in [7, 11) is 1.59. The molecule has 0 aliphatic rings. The molecule has 2 atom stereocenters. The molecule has 0 spiro atoms. The van der Waals surface area contributed by atoms with Crippen molar-refractivity contribution in [3.8, 4) is 0 Å². The van der Waals surface area contributed by atoms with E-state index in [2.05, 4.69) is 10.3 Å². The van der Waals surface area contributed by atoms with Crippen molar-refractivity contribution in [2.24, 2.45) is 5.92 Å². The van der Waals surface area contributed by atoms with Crippen LogP contribution >= 0.6 is 11.3 Å². The molecule has 0 saturated carbocycles. The highest BCUT2D eigenvalue weighted by Gasteiger charge is 2.21. The Morgan fingerprint density at radius 1 is 1.55 bits per heavy atom. The number of aliphatic carboxylic acids is 1. The molecule has 0 aliphatic heterocycles. The Bertz CT molecular complexity index is 475. The average Bonchev–Trinajstić information content (AvgIpc) is 2.81. The topological polar surface area (TPSA) is 82.5 Å². The lowest BCUT2D eigenvalue weighted by Crippen LogP contribution is -2.42. The van der Waals surface area contributed by atoms with E-state index in [1.807, 2.05) is 19.2 Å². The second-order valence-electron chi connectivity index (χ2n) is 4.86. The number of aromatic nitrogens is 1. The average molecular weight is 299 g/mol. The summed E-state index contributed by atoms with van der Waals surface area (Å²) in [5, 5.41) is 14.6. The lowest BCUT2D eigenvalue weighted by molar-refractivity contribution is -0.141. The number of carbonyl (C=O) groups excluding carboxylic acids is 1. The zero-order chi connectivity index (χ0) is 15.3. The molecule has 2 amide bonds. The molecule has 0 fully saturated rings. The van der Waals surface area contributed by atoms with Crippen molar-refractivity contribution in [3.05, 3.63) is 16.1 Å². The van der Waals surface area contributed by atoms with Crippen molar-refractivity contribution in [1.29, 1.82) is 0 Å². The van der Waals surface area contributed by atoms with Crippen LogP contribution in [-0.4, -0.2) is 40.6 Å². The van der Waals surface area contributed by atoms with E-state index >= 15 is 0 Å². The summed E-state index contributed by atoms with van der Waals surface area (Å²) < 4.78 is 0. The third kappa shape index (κ3) is 4.48. The minimum absolute atomic E-state index is 0.135. The number of nitrogens with one attached hydrogen (secondary N) is 1. The Labute approximate surface area is 122 Å². The maximum atomic E-state index is 12.0. The van der Waals surface area contributed by atoms with E-state index in [4.69, 9.17) is 5.11 Å². The molecule has 0 aliphatic carbocycles. The van der Waals surface area contributed by atoms with Gasteiger partial charge in [-0.05, 0) is 13.3 Å². The van der Waals surface area contributed by atoms with Crippen molar-refractivity contribution in [3.63, 3.8) is 0 Å². The van der Waals surface area contributed by atoms with Crippen LogP contribution in [-0.2, 0) is 4.79 Å². The second-order valence-corrected chi connectivity index (χ2v) is 5.75. The van der Waals surface area contributed by atoms with Gasteiger partial charge in [0, 0.05) is 24.7 Å². The Hall–Kier alpha value is -1.63. The number of thiazole rings is 1. The zero-order valence-corrected chi connectivity index (χ0v) is 13.0. The Balaban J connectivity index is 2.61. The fourth-order valence-electron chi connectivity index (χ4n) is 1.70. The van der Waals surface area contributed by atoms with Crippen LogP contribution in [0.25, 0.3) is 0 Å². The van der Waals surface area contributed by atoms with Crippen LogP contribution in [0.15, 0.2) is 5.38 Å². The van der Waals surface area contributed by atoms with Crippen molar-refractivity contribution < 1.29 is 14.7 Å². The number of carbonyl (C=O) groups is 2. The van der Waals surface area contributed by atoms with Gasteiger partial charge >= 0.3 is 12.0 Å². The van der Waals surface area contributed by atoms with Crippen molar-refractivity contribution >= 4 is 23.3 Å². The van der Waals surface area contributed by atoms with Gasteiger partial charge in [-0.3, -0.25) is 4.79 Å². The van der Waals surface area contributed by atoms with E-state index in [1.165, 1.54) is 16.2 Å². The molecule has 0 bridgehead atoms. The number of carboxylic acids is 1. The summed E-state index contributed by atoms with van der Waals surface area (Å²) >= 11 is 1.52. The van der Waals surface area contributed by atoms with Gasteiger partial charge in [0.15, 0.2) is 0 Å². The van der Waals surface area contributed by atoms with E-state index in [9.17, 15) is 9.59 Å². The number of urea groups is 1. The number of rotatable bonds is 6. The second kappa shape index (κ2) is 7.23. The maximum Gasteiger partial charge on any atom is 0.317 e. The quantitative estimate of drug-likeness (QED) is 0.844. The molecule has 1 aromatic heterocycles. The molecule has 112 valence electrons. The van der Waals surface area contributed by atoms with Crippen molar-refractivity contribution in [2.45, 2.75) is 33.2 Å². The number of hydrogen-bond acceptors (Lipinski definition) is 4. The summed E-state index contributed by atoms with van der Waals surface area (Å²) in [4.78, 5) is 28.6. The first-order valence-electron chi connectivity index (χ1n) is 6.51. The van der Waals surface area contributed by atoms with Gasteiger partial charge in [0.25, 0.3) is 0 Å². The molecule has 0 aromatic carbocycles. The lowest BCUT2D eigenvalue weighted by Gasteiger charge is -2.23. The normalized spacial score (nSPS) is 13.6. The summed E-state index contributed by atoms with van der Waals surface area (Å²) in [5.41, 5.74) is 0.936. The van der Waals surface area contributed by atoms with Gasteiger partial charge in [0.05, 0.1) is 12.0 Å². The fourth-order valence-corrected chi connectivity index (χ4v) is 2.63. The molecular weight excluding hydrogens is 278 g/mol. The SMILES string of the molecule is CCC(NC(=O)N(C)CC(C)C(=O)O)c1nc(C)cs1. The summed E-state index contributed by atoms with van der Waals surface area (Å²) in [6, 6.07) is -0.415. The van der Waals surface area contributed by atoms with Gasteiger partial charge in [-0.25, -0.2) is 9.78 Å². The molecule has 1 rings (SSSR count). The first-order chi connectivity index (χ1) is 9.35. The molecule has 6 nitrogen and oxygen atoms in total. The summed E-state index contributed by atoms with van der Waals surface area (Å²) in [5.74, 6) is -1.50. The van der Waals surface area contributed by atoms with E-state index in [0.29, 0.717) is 0 Å². The Morgan fingerprint density at radius 3 is 2.65 bits per heavy atom. The predicted octanol–water partition coefficient (Wildman–Crippen LogP) is 2.26. The standard InChI is InChI=1S/C13H21N3O3S/c1-5-10(11-14-9(3)7-20-11)15-13(19)16(4)6-8(2)12(17)18/h7-8,10H,5-6H2,1-4H3,(H,15,19)(H,17,18). The van der Waals surface area contributed by atoms with Gasteiger partial charge in [0.1, 0.15) is 5.01 Å². The van der Waals surface area contributed by atoms with E-state index in [-0.39, 0.29) is 18.6 Å². The molecule has 0 saturated heterocycles. The monoisotopic (exact) mass is 299 g/mol. The van der Waals surface area contributed by atoms with Crippen molar-refractivity contribution in [1.82, 2.24) is 15.2 Å². The highest BCUT2D eigenvalue weighted by molar-refractivity contribution is 7.09. The van der Waals surface area contributed by atoms with Gasteiger partial charge < -0.3 is 15.3 Å². The number of hydrogen-bond donors (Lipinski definition) is 2. The first kappa shape index (κ1) is 16.4. The van der Waals surface area contributed by atoms with Crippen LogP contribution in [0.1, 0.15) is 37.0 Å². The van der Waals surface area contributed by atoms with Crippen LogP contribution in [0.5, 0.6) is 0 Å². The first-order valence-corrected chi connectivity index (χ1v) is 7.39. The van der Waals surface area contributed by atoms with Gasteiger partial charge in [-0.2, -0.15) is 0 Å². The minimum Gasteiger partial charge on any atom is -0.481 e. The largest absolute Gasteiger partial charge is 0.481 e. The highest BCUT2D eigenvalue weighted by atomic mass is 32.1. The third-order valence-corrected chi connectivity index (χ3v) is 4.03. The molecule has 20 heavy (non-hydrogen) atoms. The van der Waals surface area contributed by atoms with Crippen LogP contribution in [0, 0.1) is 12.8 Å². The van der Waals surface area contributed by atoms with E-state index in [1.54, 1.807) is 14.0 Å². The number of carboxylic acid groups (broad SMARTS) is 1. The van der Waals surface area contributed by atoms with Gasteiger partial charge in [0.2, 0.25) is 0 Å². The maximum absolute atomic E-state index is 12.0. The molecule has 2 unspecified atom stereocenters. The zero-order valence-electron chi connectivity index (χ0n) is 12.2. The number of aryl methyl sites for hydroxylation is 1. The van der Waals surface area contributed by atoms with Crippen molar-refractivity contribution in [2.75, 3.05) is 13.6 Å².